The largest absolute Gasteiger partial charge is 0.291 e. The lowest BCUT2D eigenvalue weighted by Gasteiger charge is -2.59. The van der Waals surface area contributed by atoms with E-state index in [1.807, 2.05) is 61.5 Å². The highest BCUT2D eigenvalue weighted by atomic mass is 16.2. The van der Waals surface area contributed by atoms with Crippen LogP contribution in [0.5, 0.6) is 0 Å². The number of carbonyl (C=O) groups is 2. The molecule has 4 saturated carbocycles. The monoisotopic (exact) mass is 400 g/mol. The van der Waals surface area contributed by atoms with Crippen LogP contribution in [0.1, 0.15) is 55.8 Å². The molecule has 1 heterocycles. The zero-order chi connectivity index (χ0) is 20.5. The van der Waals surface area contributed by atoms with Crippen molar-refractivity contribution in [1.82, 2.24) is 5.32 Å². The highest BCUT2D eigenvalue weighted by molar-refractivity contribution is 6.29. The summed E-state index contributed by atoms with van der Waals surface area (Å²) in [5.41, 5.74) is 0.796. The van der Waals surface area contributed by atoms with Gasteiger partial charge in [-0.05, 0) is 87.5 Å². The van der Waals surface area contributed by atoms with Gasteiger partial charge in [-0.3, -0.25) is 19.8 Å². The van der Waals surface area contributed by atoms with Gasteiger partial charge in [-0.1, -0.05) is 30.3 Å². The predicted octanol–water partition coefficient (Wildman–Crippen LogP) is 4.86. The fraction of sp³-hybridized carbons (Fsp3) is 0.462. The van der Waals surface area contributed by atoms with E-state index in [1.54, 1.807) is 4.90 Å². The van der Waals surface area contributed by atoms with Crippen molar-refractivity contribution in [2.45, 2.75) is 56.5 Å². The van der Waals surface area contributed by atoms with Crippen molar-refractivity contribution in [3.8, 4) is 0 Å². The maximum atomic E-state index is 14.0. The Bertz CT molecular complexity index is 995. The maximum Gasteiger partial charge on any atom is 0.259 e. The van der Waals surface area contributed by atoms with E-state index in [1.165, 1.54) is 19.3 Å². The number of rotatable bonds is 3. The van der Waals surface area contributed by atoms with Crippen molar-refractivity contribution >= 4 is 23.1 Å². The van der Waals surface area contributed by atoms with Crippen LogP contribution in [-0.2, 0) is 4.79 Å². The lowest BCUT2D eigenvalue weighted by molar-refractivity contribution is -0.124. The highest BCUT2D eigenvalue weighted by Crippen LogP contribution is 2.56. The molecule has 1 aliphatic heterocycles. The van der Waals surface area contributed by atoms with Gasteiger partial charge in [0.25, 0.3) is 5.91 Å². The van der Waals surface area contributed by atoms with Gasteiger partial charge in [0.1, 0.15) is 0 Å². The molecular weight excluding hydrogens is 372 g/mol. The van der Waals surface area contributed by atoms with Gasteiger partial charge in [0.2, 0.25) is 0 Å². The summed E-state index contributed by atoms with van der Waals surface area (Å²) in [6.07, 6.45) is 7.29. The number of fused-ring (bicyclic) bond motifs is 1. The minimum atomic E-state index is -1.24. The van der Waals surface area contributed by atoms with Gasteiger partial charge in [-0.2, -0.15) is 0 Å². The molecule has 2 aromatic rings. The molecule has 0 radical (unpaired) electrons. The van der Waals surface area contributed by atoms with Gasteiger partial charge in [0.15, 0.2) is 11.3 Å². The van der Waals surface area contributed by atoms with Crippen LogP contribution in [0.25, 0.3) is 0 Å². The van der Waals surface area contributed by atoms with Crippen LogP contribution in [-0.4, -0.2) is 22.8 Å². The molecule has 4 fully saturated rings. The third kappa shape index (κ3) is 2.56. The van der Waals surface area contributed by atoms with Crippen molar-refractivity contribution in [3.05, 3.63) is 60.2 Å². The molecule has 154 valence electrons. The van der Waals surface area contributed by atoms with E-state index in [0.717, 1.165) is 42.7 Å². The standard InChI is InChI=1S/C26H28N2O2/c1-25(27-26-14-17-11-18(15-26)13-19(12-17)16-26)23(29)21-9-5-6-10-22(21)28(24(25)30)20-7-3-2-4-8-20/h2-10,17-19,27H,11-16H2,1H3. The molecule has 1 N–H and O–H groups in total. The number of carbonyl (C=O) groups excluding carboxylic acids is 2. The summed E-state index contributed by atoms with van der Waals surface area (Å²) in [5, 5.41) is 3.74. The molecule has 0 aromatic heterocycles. The molecular formula is C26H28N2O2. The Morgan fingerprint density at radius 1 is 0.833 bits per heavy atom. The molecule has 4 aliphatic carbocycles. The molecule has 30 heavy (non-hydrogen) atoms. The van der Waals surface area contributed by atoms with Crippen LogP contribution in [0.2, 0.25) is 0 Å². The molecule has 4 heteroatoms. The number of para-hydroxylation sites is 2. The van der Waals surface area contributed by atoms with Crippen LogP contribution >= 0.6 is 0 Å². The Kier molecular flexibility index (Phi) is 3.83. The normalized spacial score (nSPS) is 36.8. The third-order valence-electron chi connectivity index (χ3n) is 8.04. The van der Waals surface area contributed by atoms with Crippen molar-refractivity contribution in [3.63, 3.8) is 0 Å². The Balaban J connectivity index is 1.44. The summed E-state index contributed by atoms with van der Waals surface area (Å²) in [5.74, 6) is 2.00. The fourth-order valence-electron chi connectivity index (χ4n) is 7.30. The molecule has 4 nitrogen and oxygen atoms in total. The molecule has 1 unspecified atom stereocenters. The van der Waals surface area contributed by atoms with E-state index in [2.05, 4.69) is 5.32 Å². The number of benzene rings is 2. The SMILES string of the molecule is CC1(NC23CC4CC(CC(C4)C2)C3)C(=O)c2ccccc2N(c2ccccc2)C1=O. The van der Waals surface area contributed by atoms with Crippen LogP contribution in [0.4, 0.5) is 11.4 Å². The van der Waals surface area contributed by atoms with Gasteiger partial charge < -0.3 is 0 Å². The number of nitrogens with zero attached hydrogens (tertiary/aromatic N) is 1. The Morgan fingerprint density at radius 2 is 1.40 bits per heavy atom. The van der Waals surface area contributed by atoms with E-state index < -0.39 is 5.54 Å². The minimum absolute atomic E-state index is 0.0799. The molecule has 4 bridgehead atoms. The second-order valence-corrected chi connectivity index (χ2v) is 10.3. The molecule has 1 amide bonds. The third-order valence-corrected chi connectivity index (χ3v) is 8.04. The predicted molar refractivity (Wildman–Crippen MR) is 117 cm³/mol. The lowest BCUT2D eigenvalue weighted by atomic mass is 9.52. The number of amides is 1. The summed E-state index contributed by atoms with van der Waals surface area (Å²) < 4.78 is 0. The minimum Gasteiger partial charge on any atom is -0.291 e. The summed E-state index contributed by atoms with van der Waals surface area (Å²) in [7, 11) is 0. The van der Waals surface area contributed by atoms with Crippen molar-refractivity contribution in [2.24, 2.45) is 17.8 Å². The molecule has 5 aliphatic rings. The Morgan fingerprint density at radius 3 is 2.03 bits per heavy atom. The Hall–Kier alpha value is -2.46. The Labute approximate surface area is 177 Å². The summed E-state index contributed by atoms with van der Waals surface area (Å²) in [6.45, 7) is 1.82. The van der Waals surface area contributed by atoms with Crippen LogP contribution in [0.15, 0.2) is 54.6 Å². The van der Waals surface area contributed by atoms with Crippen molar-refractivity contribution in [1.29, 1.82) is 0 Å². The van der Waals surface area contributed by atoms with E-state index >= 15 is 0 Å². The van der Waals surface area contributed by atoms with Crippen LogP contribution < -0.4 is 10.2 Å². The van der Waals surface area contributed by atoms with Crippen molar-refractivity contribution in [2.75, 3.05) is 4.90 Å². The van der Waals surface area contributed by atoms with E-state index in [-0.39, 0.29) is 17.2 Å². The summed E-state index contributed by atoms with van der Waals surface area (Å²) >= 11 is 0. The summed E-state index contributed by atoms with van der Waals surface area (Å²) in [4.78, 5) is 29.5. The maximum absolute atomic E-state index is 14.0. The molecule has 2 aromatic carbocycles. The number of hydrogen-bond acceptors (Lipinski definition) is 3. The number of hydrogen-bond donors (Lipinski definition) is 1. The number of anilines is 2. The number of nitrogens with one attached hydrogen (secondary N) is 1. The first-order chi connectivity index (χ1) is 14.5. The quantitative estimate of drug-likeness (QED) is 0.748. The van der Waals surface area contributed by atoms with Gasteiger partial charge in [-0.15, -0.1) is 0 Å². The van der Waals surface area contributed by atoms with Gasteiger partial charge >= 0.3 is 0 Å². The average Bonchev–Trinajstić information content (AvgIpc) is 2.72. The smallest absolute Gasteiger partial charge is 0.259 e. The van der Waals surface area contributed by atoms with Gasteiger partial charge in [0, 0.05) is 16.8 Å². The zero-order valence-corrected chi connectivity index (χ0v) is 17.4. The first-order valence-electron chi connectivity index (χ1n) is 11.3. The number of Topliss-reactive ketones (excluding diaryl/α,β-unsaturated/α-hetero) is 1. The molecule has 1 atom stereocenters. The highest BCUT2D eigenvalue weighted by Gasteiger charge is 2.58. The van der Waals surface area contributed by atoms with E-state index in [0.29, 0.717) is 11.3 Å². The van der Waals surface area contributed by atoms with Crippen LogP contribution in [0, 0.1) is 17.8 Å². The first-order valence-corrected chi connectivity index (χ1v) is 11.3. The zero-order valence-electron chi connectivity index (χ0n) is 17.4. The lowest BCUT2D eigenvalue weighted by Crippen LogP contribution is -2.71. The average molecular weight is 401 g/mol. The second-order valence-electron chi connectivity index (χ2n) is 10.3. The molecule has 0 saturated heterocycles. The van der Waals surface area contributed by atoms with Crippen LogP contribution in [0.3, 0.4) is 0 Å². The van der Waals surface area contributed by atoms with Gasteiger partial charge in [0.05, 0.1) is 5.69 Å². The topological polar surface area (TPSA) is 49.4 Å². The molecule has 0 spiro atoms. The van der Waals surface area contributed by atoms with E-state index in [9.17, 15) is 9.59 Å². The van der Waals surface area contributed by atoms with Crippen molar-refractivity contribution < 1.29 is 9.59 Å². The van der Waals surface area contributed by atoms with Gasteiger partial charge in [-0.25, -0.2) is 0 Å². The fourth-order valence-corrected chi connectivity index (χ4v) is 7.30. The second kappa shape index (κ2) is 6.27. The summed E-state index contributed by atoms with van der Waals surface area (Å²) in [6, 6.07) is 17.2. The van der Waals surface area contributed by atoms with E-state index in [4.69, 9.17) is 0 Å². The molecule has 7 rings (SSSR count). The number of ketones is 1. The first kappa shape index (κ1) is 18.3.